The fourth-order valence-corrected chi connectivity index (χ4v) is 3.98. The molecule has 3 aromatic rings. The largest absolute Gasteiger partial charge is 0.480 e. The lowest BCUT2D eigenvalue weighted by molar-refractivity contribution is -0.141. The van der Waals surface area contributed by atoms with E-state index in [4.69, 9.17) is 8.83 Å². The van der Waals surface area contributed by atoms with E-state index in [0.717, 1.165) is 16.5 Å². The van der Waals surface area contributed by atoms with E-state index < -0.39 is 23.5 Å². The third-order valence-electron chi connectivity index (χ3n) is 4.77. The van der Waals surface area contributed by atoms with Crippen LogP contribution in [0.3, 0.4) is 0 Å². The zero-order valence-corrected chi connectivity index (χ0v) is 16.9. The van der Waals surface area contributed by atoms with Crippen molar-refractivity contribution in [3.8, 4) is 0 Å². The second-order valence-electron chi connectivity index (χ2n) is 6.77. The van der Waals surface area contributed by atoms with Gasteiger partial charge in [-0.2, -0.15) is 11.8 Å². The average Bonchev–Trinajstić information content (AvgIpc) is 3.00. The minimum absolute atomic E-state index is 0.192. The highest BCUT2D eigenvalue weighted by Gasteiger charge is 2.23. The molecule has 7 nitrogen and oxygen atoms in total. The highest BCUT2D eigenvalue weighted by molar-refractivity contribution is 7.98. The van der Waals surface area contributed by atoms with Gasteiger partial charge >= 0.3 is 11.6 Å². The van der Waals surface area contributed by atoms with E-state index in [0.29, 0.717) is 22.1 Å². The molecule has 3 rings (SSSR count). The standard InChI is InChI=1S/C20H21NO6S/c1-9-5-14-17(18-16(9)10(2)7-26-18)11(3)12(20(25)27-14)6-15(22)21-13(8-28-4)19(23)24/h5,7,13H,6,8H2,1-4H3,(H,21,22)(H,23,24). The van der Waals surface area contributed by atoms with Gasteiger partial charge < -0.3 is 19.3 Å². The number of carbonyl (C=O) groups is 2. The number of benzene rings is 1. The third-order valence-corrected chi connectivity index (χ3v) is 5.44. The van der Waals surface area contributed by atoms with Gasteiger partial charge in [0.1, 0.15) is 17.2 Å². The van der Waals surface area contributed by atoms with E-state index in [2.05, 4.69) is 5.32 Å². The summed E-state index contributed by atoms with van der Waals surface area (Å²) in [5.74, 6) is -1.43. The van der Waals surface area contributed by atoms with Crippen molar-refractivity contribution in [2.75, 3.05) is 12.0 Å². The molecule has 0 spiro atoms. The van der Waals surface area contributed by atoms with E-state index in [-0.39, 0.29) is 17.7 Å². The molecule has 2 heterocycles. The Morgan fingerprint density at radius 3 is 2.57 bits per heavy atom. The Balaban J connectivity index is 2.06. The van der Waals surface area contributed by atoms with Gasteiger partial charge in [0.2, 0.25) is 5.91 Å². The topological polar surface area (TPSA) is 110 Å². The molecule has 0 aliphatic rings. The number of thioether (sulfide) groups is 1. The number of carboxylic acid groups (broad SMARTS) is 1. The summed E-state index contributed by atoms with van der Waals surface area (Å²) in [4.78, 5) is 36.1. The Morgan fingerprint density at radius 1 is 1.21 bits per heavy atom. The van der Waals surface area contributed by atoms with Crippen LogP contribution in [0.5, 0.6) is 0 Å². The van der Waals surface area contributed by atoms with E-state index in [1.807, 2.05) is 13.8 Å². The van der Waals surface area contributed by atoms with Crippen molar-refractivity contribution in [2.45, 2.75) is 33.2 Å². The van der Waals surface area contributed by atoms with E-state index in [1.165, 1.54) is 11.8 Å². The summed E-state index contributed by atoms with van der Waals surface area (Å²) in [7, 11) is 0. The van der Waals surface area contributed by atoms with Gasteiger partial charge in [0.25, 0.3) is 0 Å². The normalized spacial score (nSPS) is 12.4. The van der Waals surface area contributed by atoms with Crippen LogP contribution in [0.15, 0.2) is 26.0 Å². The van der Waals surface area contributed by atoms with Crippen LogP contribution in [-0.4, -0.2) is 35.0 Å². The molecule has 1 unspecified atom stereocenters. The second-order valence-corrected chi connectivity index (χ2v) is 7.68. The number of furan rings is 1. The molecular weight excluding hydrogens is 382 g/mol. The maximum absolute atomic E-state index is 12.5. The molecule has 1 aromatic carbocycles. The molecule has 0 aliphatic carbocycles. The number of hydrogen-bond acceptors (Lipinski definition) is 6. The van der Waals surface area contributed by atoms with Crippen LogP contribution >= 0.6 is 11.8 Å². The van der Waals surface area contributed by atoms with E-state index in [9.17, 15) is 19.5 Å². The lowest BCUT2D eigenvalue weighted by Crippen LogP contribution is -2.43. The van der Waals surface area contributed by atoms with Crippen LogP contribution < -0.4 is 10.9 Å². The van der Waals surface area contributed by atoms with Crippen LogP contribution in [0.1, 0.15) is 22.3 Å². The predicted molar refractivity (Wildman–Crippen MR) is 108 cm³/mol. The molecule has 0 aliphatic heterocycles. The number of carboxylic acids is 1. The summed E-state index contributed by atoms with van der Waals surface area (Å²) in [5.41, 5.74) is 3.09. The first-order chi connectivity index (χ1) is 13.2. The molecule has 0 bridgehead atoms. The fourth-order valence-electron chi connectivity index (χ4n) is 3.42. The van der Waals surface area contributed by atoms with Gasteiger partial charge in [-0.1, -0.05) is 0 Å². The second kappa shape index (κ2) is 7.71. The number of amides is 1. The molecule has 1 amide bonds. The smallest absolute Gasteiger partial charge is 0.340 e. The number of rotatable bonds is 6. The van der Waals surface area contributed by atoms with Gasteiger partial charge in [-0.25, -0.2) is 9.59 Å². The van der Waals surface area contributed by atoms with Gasteiger partial charge in [0.15, 0.2) is 0 Å². The predicted octanol–water partition coefficient (Wildman–Crippen LogP) is 2.94. The first-order valence-corrected chi connectivity index (χ1v) is 10.1. The Labute approximate surface area is 165 Å². The summed E-state index contributed by atoms with van der Waals surface area (Å²) in [5, 5.41) is 13.2. The Hall–Kier alpha value is -2.74. The maximum Gasteiger partial charge on any atom is 0.340 e. The van der Waals surface area contributed by atoms with Gasteiger partial charge in [0.05, 0.1) is 23.6 Å². The molecule has 0 fully saturated rings. The summed E-state index contributed by atoms with van der Waals surface area (Å²) < 4.78 is 11.2. The maximum atomic E-state index is 12.5. The highest BCUT2D eigenvalue weighted by Crippen LogP contribution is 2.34. The van der Waals surface area contributed by atoms with Crippen molar-refractivity contribution in [2.24, 2.45) is 0 Å². The van der Waals surface area contributed by atoms with Crippen molar-refractivity contribution < 1.29 is 23.5 Å². The first kappa shape index (κ1) is 20.0. The van der Waals surface area contributed by atoms with Crippen LogP contribution in [0, 0.1) is 20.8 Å². The number of hydrogen-bond donors (Lipinski definition) is 2. The third kappa shape index (κ3) is 3.52. The Kier molecular flexibility index (Phi) is 5.51. The van der Waals surface area contributed by atoms with Crippen molar-refractivity contribution in [3.05, 3.63) is 45.0 Å². The van der Waals surface area contributed by atoms with Crippen molar-refractivity contribution in [1.82, 2.24) is 5.32 Å². The first-order valence-electron chi connectivity index (χ1n) is 8.69. The molecule has 2 N–H and O–H groups in total. The van der Waals surface area contributed by atoms with E-state index >= 15 is 0 Å². The summed E-state index contributed by atoms with van der Waals surface area (Å²) >= 11 is 1.31. The van der Waals surface area contributed by atoms with Crippen LogP contribution in [0.4, 0.5) is 0 Å². The minimum Gasteiger partial charge on any atom is -0.480 e. The zero-order chi connectivity index (χ0) is 20.6. The molecule has 0 saturated heterocycles. The fraction of sp³-hybridized carbons (Fsp3) is 0.350. The van der Waals surface area contributed by atoms with Gasteiger partial charge in [-0.15, -0.1) is 0 Å². The molecular formula is C20H21NO6S. The van der Waals surface area contributed by atoms with Crippen molar-refractivity contribution in [1.29, 1.82) is 0 Å². The molecule has 0 saturated carbocycles. The highest BCUT2D eigenvalue weighted by atomic mass is 32.2. The Bertz CT molecular complexity index is 1140. The summed E-state index contributed by atoms with van der Waals surface area (Å²) in [6.45, 7) is 5.59. The monoisotopic (exact) mass is 403 g/mol. The molecule has 0 radical (unpaired) electrons. The number of aliphatic carboxylic acids is 1. The lowest BCUT2D eigenvalue weighted by atomic mass is 9.98. The molecule has 148 valence electrons. The van der Waals surface area contributed by atoms with Crippen LogP contribution in [0.2, 0.25) is 0 Å². The zero-order valence-electron chi connectivity index (χ0n) is 16.0. The SMILES string of the molecule is CSCC(NC(=O)Cc1c(C)c2c(cc(C)c3c(C)coc32)oc1=O)C(=O)O. The van der Waals surface area contributed by atoms with Crippen LogP contribution in [0.25, 0.3) is 21.9 Å². The number of nitrogens with one attached hydrogen (secondary N) is 1. The minimum atomic E-state index is -1.12. The molecule has 2 aromatic heterocycles. The number of carbonyl (C=O) groups excluding carboxylic acids is 1. The van der Waals surface area contributed by atoms with Gasteiger partial charge in [0, 0.05) is 11.1 Å². The number of fused-ring (bicyclic) bond motifs is 3. The molecule has 28 heavy (non-hydrogen) atoms. The quantitative estimate of drug-likeness (QED) is 0.609. The summed E-state index contributed by atoms with van der Waals surface area (Å²) in [6.07, 6.45) is 3.13. The molecule has 8 heteroatoms. The lowest BCUT2D eigenvalue weighted by Gasteiger charge is -2.14. The van der Waals surface area contributed by atoms with Gasteiger partial charge in [-0.05, 0) is 49.8 Å². The van der Waals surface area contributed by atoms with Crippen LogP contribution in [-0.2, 0) is 16.0 Å². The van der Waals surface area contributed by atoms with Gasteiger partial charge in [-0.3, -0.25) is 4.79 Å². The summed E-state index contributed by atoms with van der Waals surface area (Å²) in [6, 6.07) is 0.773. The van der Waals surface area contributed by atoms with E-state index in [1.54, 1.807) is 25.5 Å². The van der Waals surface area contributed by atoms with Crippen molar-refractivity contribution >= 4 is 45.6 Å². The number of aryl methyl sites for hydroxylation is 3. The Morgan fingerprint density at radius 2 is 1.93 bits per heavy atom. The molecule has 1 atom stereocenters. The van der Waals surface area contributed by atoms with Crippen molar-refractivity contribution in [3.63, 3.8) is 0 Å². The average molecular weight is 403 g/mol.